The maximum atomic E-state index is 13.5. The van der Waals surface area contributed by atoms with E-state index in [4.69, 9.17) is 9.84 Å². The zero-order valence-corrected chi connectivity index (χ0v) is 26.2. The molecule has 0 saturated carbocycles. The smallest absolute Gasteiger partial charge is 0.303 e. The number of likely N-dealkylation sites (tertiary alicyclic amines) is 1. The van der Waals surface area contributed by atoms with Gasteiger partial charge in [0.05, 0.1) is 35.2 Å². The lowest BCUT2D eigenvalue weighted by Gasteiger charge is -2.36. The van der Waals surface area contributed by atoms with Crippen LogP contribution in [0.1, 0.15) is 77.2 Å². The molecule has 0 aromatic heterocycles. The molecule has 1 fully saturated rings. The molecule has 41 heavy (non-hydrogen) atoms. The van der Waals surface area contributed by atoms with Gasteiger partial charge in [0.25, 0.3) is 0 Å². The first kappa shape index (κ1) is 33.1. The highest BCUT2D eigenvalue weighted by molar-refractivity contribution is 14.1. The van der Waals surface area contributed by atoms with Crippen molar-refractivity contribution in [2.45, 2.75) is 77.7 Å². The molecule has 1 aromatic carbocycles. The van der Waals surface area contributed by atoms with E-state index in [2.05, 4.69) is 0 Å². The van der Waals surface area contributed by atoms with Crippen LogP contribution in [0.3, 0.4) is 0 Å². The number of aliphatic hydroxyl groups excluding tert-OH is 2. The molecule has 3 rings (SSSR count). The van der Waals surface area contributed by atoms with Gasteiger partial charge in [0.15, 0.2) is 11.5 Å². The fraction of sp³-hybridized carbons (Fsp3) is 0.581. The number of hydrogen-bond acceptors (Lipinski definition) is 7. The number of halogens is 1. The van der Waals surface area contributed by atoms with Gasteiger partial charge in [0.1, 0.15) is 0 Å². The first-order valence-corrected chi connectivity index (χ1v) is 15.4. The summed E-state index contributed by atoms with van der Waals surface area (Å²) in [5.41, 5.74) is 3.55. The summed E-state index contributed by atoms with van der Waals surface area (Å²) in [6, 6.07) is 3.60. The van der Waals surface area contributed by atoms with Crippen molar-refractivity contribution < 1.29 is 39.5 Å². The summed E-state index contributed by atoms with van der Waals surface area (Å²) in [4.78, 5) is 38.8. The monoisotopic (exact) mass is 683 g/mol. The third-order valence-electron chi connectivity index (χ3n) is 8.15. The van der Waals surface area contributed by atoms with E-state index < -0.39 is 29.8 Å². The van der Waals surface area contributed by atoms with Crippen molar-refractivity contribution in [3.05, 3.63) is 38.0 Å². The number of ether oxygens (including phenoxy) is 1. The fourth-order valence-corrected chi connectivity index (χ4v) is 6.84. The van der Waals surface area contributed by atoms with Gasteiger partial charge >= 0.3 is 5.97 Å². The van der Waals surface area contributed by atoms with Crippen molar-refractivity contribution in [3.63, 3.8) is 0 Å². The number of aromatic hydroxyl groups is 1. The highest BCUT2D eigenvalue weighted by Crippen LogP contribution is 2.47. The van der Waals surface area contributed by atoms with Gasteiger partial charge in [-0.1, -0.05) is 37.0 Å². The highest BCUT2D eigenvalue weighted by atomic mass is 127. The molecular weight excluding hydrogens is 641 g/mol. The molecule has 9 nitrogen and oxygen atoms in total. The van der Waals surface area contributed by atoms with E-state index in [9.17, 15) is 29.7 Å². The number of aliphatic carboxylic acids is 1. The van der Waals surface area contributed by atoms with Gasteiger partial charge in [-0.2, -0.15) is 0 Å². The van der Waals surface area contributed by atoms with Crippen LogP contribution in [-0.2, 0) is 14.4 Å². The Labute approximate surface area is 255 Å². The number of nitrogens with zero attached hydrogens (tertiary/aromatic N) is 1. The average Bonchev–Trinajstić information content (AvgIpc) is 3.16. The Morgan fingerprint density at radius 3 is 2.56 bits per heavy atom. The fourth-order valence-electron chi connectivity index (χ4n) is 6.22. The number of carbonyl (C=O) groups is 3. The molecule has 1 aliphatic heterocycles. The molecule has 0 radical (unpaired) electrons. The van der Waals surface area contributed by atoms with E-state index >= 15 is 0 Å². The second kappa shape index (κ2) is 15.2. The topological polar surface area (TPSA) is 145 Å². The summed E-state index contributed by atoms with van der Waals surface area (Å²) >= 11 is 2.05. The number of carboxylic acid groups (broad SMARTS) is 1. The number of allylic oxidation sites excluding steroid dienone is 2. The number of aliphatic hydroxyl groups is 2. The first-order chi connectivity index (χ1) is 19.5. The molecule has 2 aliphatic rings. The van der Waals surface area contributed by atoms with Crippen LogP contribution in [0.5, 0.6) is 11.5 Å². The number of benzene rings is 1. The maximum Gasteiger partial charge on any atom is 0.303 e. The van der Waals surface area contributed by atoms with Crippen LogP contribution < -0.4 is 4.74 Å². The lowest BCUT2D eigenvalue weighted by Crippen LogP contribution is -2.39. The lowest BCUT2D eigenvalue weighted by atomic mass is 9.67. The summed E-state index contributed by atoms with van der Waals surface area (Å²) in [6.07, 6.45) is 5.69. The summed E-state index contributed by atoms with van der Waals surface area (Å²) in [6.45, 7) is 3.91. The Balaban J connectivity index is 1.75. The third kappa shape index (κ3) is 7.90. The molecule has 1 heterocycles. The molecule has 0 spiro atoms. The molecule has 0 bridgehead atoms. The number of carboxylic acids is 1. The van der Waals surface area contributed by atoms with E-state index in [1.54, 1.807) is 6.07 Å². The minimum atomic E-state index is -0.864. The summed E-state index contributed by atoms with van der Waals surface area (Å²) in [5.74, 6) is -2.76. The van der Waals surface area contributed by atoms with Crippen molar-refractivity contribution >= 4 is 46.5 Å². The van der Waals surface area contributed by atoms with Crippen LogP contribution >= 0.6 is 22.6 Å². The predicted octanol–water partition coefficient (Wildman–Crippen LogP) is 4.90. The van der Waals surface area contributed by atoms with Crippen molar-refractivity contribution in [1.29, 1.82) is 0 Å². The highest BCUT2D eigenvalue weighted by Gasteiger charge is 2.54. The Kier molecular flexibility index (Phi) is 12.2. The SMILES string of the molecule is CCCC1=C([C@H](O)CC/C(C)=C/c2cc(I)c(O)c(OC)c2)[C@H](CO)[C@@H]2C(=O)N(CCCCCC(=O)O)C(=O)[C@@H]2C1. The van der Waals surface area contributed by atoms with E-state index in [1.807, 2.05) is 48.6 Å². The number of unbranched alkanes of at least 4 members (excludes halogenated alkanes) is 2. The molecule has 2 amide bonds. The number of fused-ring (bicyclic) bond motifs is 1. The molecule has 1 saturated heterocycles. The van der Waals surface area contributed by atoms with Crippen molar-refractivity contribution in [2.75, 3.05) is 20.3 Å². The molecule has 0 unspecified atom stereocenters. The lowest BCUT2D eigenvalue weighted by molar-refractivity contribution is -0.141. The summed E-state index contributed by atoms with van der Waals surface area (Å²) in [7, 11) is 1.50. The molecule has 226 valence electrons. The van der Waals surface area contributed by atoms with Crippen molar-refractivity contribution in [2.24, 2.45) is 17.8 Å². The molecule has 10 heteroatoms. The van der Waals surface area contributed by atoms with Gasteiger partial charge in [0.2, 0.25) is 11.8 Å². The van der Waals surface area contributed by atoms with Gasteiger partial charge in [-0.15, -0.1) is 0 Å². The number of phenolic OH excluding ortho intramolecular Hbond substituents is 1. The van der Waals surface area contributed by atoms with Gasteiger partial charge < -0.3 is 25.2 Å². The van der Waals surface area contributed by atoms with Crippen LogP contribution in [0, 0.1) is 21.3 Å². The number of imide groups is 1. The van der Waals surface area contributed by atoms with Crippen LogP contribution in [0.15, 0.2) is 28.9 Å². The van der Waals surface area contributed by atoms with Crippen molar-refractivity contribution in [1.82, 2.24) is 4.90 Å². The molecule has 1 aromatic rings. The van der Waals surface area contributed by atoms with Crippen LogP contribution in [-0.4, -0.2) is 69.5 Å². The van der Waals surface area contributed by atoms with Gasteiger partial charge in [-0.05, 0) is 91.3 Å². The second-order valence-corrected chi connectivity index (χ2v) is 12.2. The molecule has 4 atom stereocenters. The minimum Gasteiger partial charge on any atom is -0.504 e. The van der Waals surface area contributed by atoms with Crippen molar-refractivity contribution in [3.8, 4) is 11.5 Å². The number of hydrogen-bond donors (Lipinski definition) is 4. The second-order valence-electron chi connectivity index (χ2n) is 11.1. The Bertz CT molecular complexity index is 1190. The van der Waals surface area contributed by atoms with E-state index in [0.29, 0.717) is 59.8 Å². The Morgan fingerprint density at radius 2 is 1.93 bits per heavy atom. The number of rotatable bonds is 15. The van der Waals surface area contributed by atoms with Crippen LogP contribution in [0.2, 0.25) is 0 Å². The predicted molar refractivity (Wildman–Crippen MR) is 163 cm³/mol. The van der Waals surface area contributed by atoms with Gasteiger partial charge in [-0.25, -0.2) is 0 Å². The Hall–Kier alpha value is -2.44. The maximum absolute atomic E-state index is 13.5. The van der Waals surface area contributed by atoms with Crippen LogP contribution in [0.25, 0.3) is 6.08 Å². The quantitative estimate of drug-likeness (QED) is 0.0885. The van der Waals surface area contributed by atoms with Gasteiger partial charge in [0, 0.05) is 18.9 Å². The zero-order valence-electron chi connectivity index (χ0n) is 24.1. The standard InChI is InChI=1S/C31H42INO8/c1-4-8-20-16-21-28(31(40)33(30(21)39)12-7-5-6-9-26(36)37)22(17-34)27(20)24(35)11-10-18(2)13-19-14-23(32)29(38)25(15-19)41-3/h13-15,21-22,24,28,34-35,38H,4-12,16-17H2,1-3H3,(H,36,37)/b18-13+/t21-,22+,24-,28-/m1/s1. The van der Waals surface area contributed by atoms with E-state index in [1.165, 1.54) is 12.0 Å². The number of amides is 2. The first-order valence-electron chi connectivity index (χ1n) is 14.3. The third-order valence-corrected chi connectivity index (χ3v) is 8.97. The average molecular weight is 684 g/mol. The van der Waals surface area contributed by atoms with E-state index in [-0.39, 0.29) is 37.1 Å². The minimum absolute atomic E-state index is 0.0579. The Morgan fingerprint density at radius 1 is 1.20 bits per heavy atom. The molecular formula is C31H42INO8. The summed E-state index contributed by atoms with van der Waals surface area (Å²) < 4.78 is 5.92. The zero-order chi connectivity index (χ0) is 30.3. The summed E-state index contributed by atoms with van der Waals surface area (Å²) in [5, 5.41) is 40.8. The van der Waals surface area contributed by atoms with Crippen LogP contribution in [0.4, 0.5) is 0 Å². The molecule has 4 N–H and O–H groups in total. The number of phenols is 1. The number of methoxy groups -OCH3 is 1. The number of carbonyl (C=O) groups excluding carboxylic acids is 2. The van der Waals surface area contributed by atoms with E-state index in [0.717, 1.165) is 23.1 Å². The van der Waals surface area contributed by atoms with Gasteiger partial charge in [-0.3, -0.25) is 19.3 Å². The largest absolute Gasteiger partial charge is 0.504 e. The normalized spacial score (nSPS) is 21.9. The molecule has 1 aliphatic carbocycles.